The fourth-order valence-corrected chi connectivity index (χ4v) is 2.42. The predicted molar refractivity (Wildman–Crippen MR) is 80.0 cm³/mol. The summed E-state index contributed by atoms with van der Waals surface area (Å²) < 4.78 is 10.8. The molecule has 1 aliphatic rings. The van der Waals surface area contributed by atoms with Crippen LogP contribution in [0.5, 0.6) is 5.75 Å². The van der Waals surface area contributed by atoms with Gasteiger partial charge in [-0.15, -0.1) is 0 Å². The summed E-state index contributed by atoms with van der Waals surface area (Å²) in [6.07, 6.45) is 2.57. The van der Waals surface area contributed by atoms with E-state index in [1.54, 1.807) is 0 Å². The fraction of sp³-hybridized carbons (Fsp3) is 0.500. The number of hydrogen-bond acceptors (Lipinski definition) is 5. The molecule has 2 aromatic rings. The quantitative estimate of drug-likeness (QED) is 0.783. The minimum absolute atomic E-state index is 0.639. The van der Waals surface area contributed by atoms with Crippen LogP contribution in [0, 0.1) is 0 Å². The summed E-state index contributed by atoms with van der Waals surface area (Å²) in [5.41, 5.74) is 0.947. The molecule has 21 heavy (non-hydrogen) atoms. The van der Waals surface area contributed by atoms with E-state index >= 15 is 0 Å². The lowest BCUT2D eigenvalue weighted by Gasteiger charge is -2.16. The van der Waals surface area contributed by atoms with E-state index in [1.165, 1.54) is 12.8 Å². The Hall–Kier alpha value is -1.88. The molecule has 1 aromatic heterocycles. The van der Waals surface area contributed by atoms with Crippen molar-refractivity contribution in [3.8, 4) is 17.1 Å². The van der Waals surface area contributed by atoms with Crippen LogP contribution >= 0.6 is 0 Å². The maximum Gasteiger partial charge on any atom is 0.241 e. The van der Waals surface area contributed by atoms with Gasteiger partial charge >= 0.3 is 0 Å². The van der Waals surface area contributed by atoms with Gasteiger partial charge in [0.2, 0.25) is 11.7 Å². The highest BCUT2D eigenvalue weighted by Gasteiger charge is 2.29. The molecule has 0 aliphatic heterocycles. The van der Waals surface area contributed by atoms with Crippen molar-refractivity contribution in [1.82, 2.24) is 15.0 Å². The van der Waals surface area contributed by atoms with Crippen molar-refractivity contribution in [2.75, 3.05) is 13.2 Å². The first kappa shape index (κ1) is 14.1. The molecule has 5 heteroatoms. The minimum atomic E-state index is 0.639. The van der Waals surface area contributed by atoms with Gasteiger partial charge in [-0.3, -0.25) is 4.90 Å². The smallest absolute Gasteiger partial charge is 0.241 e. The number of hydrogen-bond donors (Lipinski definition) is 0. The number of ether oxygens (including phenoxy) is 1. The lowest BCUT2D eigenvalue weighted by atomic mass is 10.2. The summed E-state index contributed by atoms with van der Waals surface area (Å²) in [4.78, 5) is 6.88. The Balaban J connectivity index is 1.68. The summed E-state index contributed by atoms with van der Waals surface area (Å²) in [6.45, 7) is 6.57. The third-order valence-corrected chi connectivity index (χ3v) is 3.70. The molecule has 0 bridgehead atoms. The molecule has 112 valence electrons. The van der Waals surface area contributed by atoms with E-state index in [1.807, 2.05) is 31.2 Å². The number of rotatable bonds is 7. The lowest BCUT2D eigenvalue weighted by molar-refractivity contribution is 0.227. The van der Waals surface area contributed by atoms with E-state index in [0.29, 0.717) is 24.4 Å². The molecule has 1 fully saturated rings. The molecule has 0 unspecified atom stereocenters. The van der Waals surface area contributed by atoms with Crippen molar-refractivity contribution in [3.05, 3.63) is 30.2 Å². The van der Waals surface area contributed by atoms with Gasteiger partial charge in [-0.25, -0.2) is 0 Å². The summed E-state index contributed by atoms with van der Waals surface area (Å²) in [5.74, 6) is 2.18. The SMILES string of the molecule is CCOc1ccc(-c2noc(CN(CC)C3CC3)n2)cc1. The molecule has 0 amide bonds. The number of benzene rings is 1. The first-order chi connectivity index (χ1) is 10.3. The van der Waals surface area contributed by atoms with Crippen LogP contribution < -0.4 is 4.74 Å². The van der Waals surface area contributed by atoms with Crippen LogP contribution in [0.25, 0.3) is 11.4 Å². The molecular formula is C16H21N3O2. The van der Waals surface area contributed by atoms with Gasteiger partial charge in [-0.05, 0) is 50.6 Å². The van der Waals surface area contributed by atoms with Crippen molar-refractivity contribution in [1.29, 1.82) is 0 Å². The Bertz CT molecular complexity index is 575. The molecule has 1 saturated carbocycles. The highest BCUT2D eigenvalue weighted by molar-refractivity contribution is 5.55. The lowest BCUT2D eigenvalue weighted by Crippen LogP contribution is -2.25. The third-order valence-electron chi connectivity index (χ3n) is 3.70. The predicted octanol–water partition coefficient (Wildman–Crippen LogP) is 3.12. The van der Waals surface area contributed by atoms with E-state index in [4.69, 9.17) is 9.26 Å². The zero-order chi connectivity index (χ0) is 14.7. The topological polar surface area (TPSA) is 51.4 Å². The monoisotopic (exact) mass is 287 g/mol. The highest BCUT2D eigenvalue weighted by atomic mass is 16.5. The van der Waals surface area contributed by atoms with Crippen molar-refractivity contribution in [2.24, 2.45) is 0 Å². The Morgan fingerprint density at radius 2 is 2.00 bits per heavy atom. The zero-order valence-corrected chi connectivity index (χ0v) is 12.6. The summed E-state index contributed by atoms with van der Waals surface area (Å²) in [7, 11) is 0. The van der Waals surface area contributed by atoms with Crippen LogP contribution in [0.1, 0.15) is 32.6 Å². The normalized spacial score (nSPS) is 14.6. The minimum Gasteiger partial charge on any atom is -0.494 e. The van der Waals surface area contributed by atoms with Gasteiger partial charge in [0.05, 0.1) is 13.2 Å². The molecule has 1 heterocycles. The van der Waals surface area contributed by atoms with Gasteiger partial charge in [0.15, 0.2) is 0 Å². The van der Waals surface area contributed by atoms with Gasteiger partial charge in [-0.2, -0.15) is 4.98 Å². The van der Waals surface area contributed by atoms with E-state index in [2.05, 4.69) is 22.0 Å². The zero-order valence-electron chi connectivity index (χ0n) is 12.6. The molecule has 3 rings (SSSR count). The second-order valence-corrected chi connectivity index (χ2v) is 5.26. The molecule has 0 N–H and O–H groups in total. The molecule has 1 aliphatic carbocycles. The largest absolute Gasteiger partial charge is 0.494 e. The van der Waals surface area contributed by atoms with Gasteiger partial charge in [0, 0.05) is 11.6 Å². The maximum absolute atomic E-state index is 5.43. The first-order valence-electron chi connectivity index (χ1n) is 7.60. The Labute approximate surface area is 124 Å². The summed E-state index contributed by atoms with van der Waals surface area (Å²) >= 11 is 0. The summed E-state index contributed by atoms with van der Waals surface area (Å²) in [5, 5.41) is 4.08. The van der Waals surface area contributed by atoms with Crippen LogP contribution in [0.3, 0.4) is 0 Å². The second kappa shape index (κ2) is 6.26. The van der Waals surface area contributed by atoms with Crippen molar-refractivity contribution < 1.29 is 9.26 Å². The van der Waals surface area contributed by atoms with Gasteiger partial charge < -0.3 is 9.26 Å². The van der Waals surface area contributed by atoms with Gasteiger partial charge in [-0.1, -0.05) is 12.1 Å². The molecule has 1 aromatic carbocycles. The average molecular weight is 287 g/mol. The highest BCUT2D eigenvalue weighted by Crippen LogP contribution is 2.28. The molecule has 0 spiro atoms. The van der Waals surface area contributed by atoms with Crippen LogP contribution in [0.4, 0.5) is 0 Å². The van der Waals surface area contributed by atoms with E-state index in [9.17, 15) is 0 Å². The number of aromatic nitrogens is 2. The molecule has 0 radical (unpaired) electrons. The number of nitrogens with zero attached hydrogens (tertiary/aromatic N) is 3. The average Bonchev–Trinajstić information content (AvgIpc) is 3.25. The van der Waals surface area contributed by atoms with E-state index in [0.717, 1.165) is 24.4 Å². The molecule has 0 saturated heterocycles. The molecule has 0 atom stereocenters. The van der Waals surface area contributed by atoms with E-state index in [-0.39, 0.29) is 0 Å². The maximum atomic E-state index is 5.43. The Morgan fingerprint density at radius 1 is 1.24 bits per heavy atom. The Kier molecular flexibility index (Phi) is 4.20. The molecular weight excluding hydrogens is 266 g/mol. The van der Waals surface area contributed by atoms with Crippen LogP contribution in [0.2, 0.25) is 0 Å². The molecule has 5 nitrogen and oxygen atoms in total. The van der Waals surface area contributed by atoms with Crippen molar-refractivity contribution in [2.45, 2.75) is 39.3 Å². The fourth-order valence-electron chi connectivity index (χ4n) is 2.42. The van der Waals surface area contributed by atoms with Crippen LogP contribution in [-0.2, 0) is 6.54 Å². The third kappa shape index (κ3) is 3.42. The van der Waals surface area contributed by atoms with Gasteiger partial charge in [0.25, 0.3) is 0 Å². The van der Waals surface area contributed by atoms with Crippen LogP contribution in [0.15, 0.2) is 28.8 Å². The standard InChI is InChI=1S/C16H21N3O2/c1-3-19(13-7-8-13)11-15-17-16(18-21-15)12-5-9-14(10-6-12)20-4-2/h5-6,9-10,13H,3-4,7-8,11H2,1-2H3. The van der Waals surface area contributed by atoms with Crippen molar-refractivity contribution >= 4 is 0 Å². The second-order valence-electron chi connectivity index (χ2n) is 5.26. The van der Waals surface area contributed by atoms with Crippen molar-refractivity contribution in [3.63, 3.8) is 0 Å². The Morgan fingerprint density at radius 3 is 2.62 bits per heavy atom. The first-order valence-corrected chi connectivity index (χ1v) is 7.60. The van der Waals surface area contributed by atoms with Gasteiger partial charge in [0.1, 0.15) is 5.75 Å². The van der Waals surface area contributed by atoms with E-state index < -0.39 is 0 Å². The summed E-state index contributed by atoms with van der Waals surface area (Å²) in [6, 6.07) is 8.47. The van der Waals surface area contributed by atoms with Crippen LogP contribution in [-0.4, -0.2) is 34.2 Å².